The number of carbonyl (C=O) groups is 2. The molecule has 1 amide bonds. The van der Waals surface area contributed by atoms with Gasteiger partial charge in [0.1, 0.15) is 5.75 Å². The number of halogens is 4. The maximum Gasteiger partial charge on any atom is 0.452 e. The monoisotopic (exact) mass is 682 g/mol. The smallest absolute Gasteiger partial charge is 0.452 e. The highest BCUT2D eigenvalue weighted by Gasteiger charge is 2.45. The summed E-state index contributed by atoms with van der Waals surface area (Å²) in [7, 11) is 4.31. The molecule has 2 aliphatic rings. The van der Waals surface area contributed by atoms with Gasteiger partial charge in [0, 0.05) is 42.6 Å². The Morgan fingerprint density at radius 2 is 1.72 bits per heavy atom. The lowest BCUT2D eigenvalue weighted by Gasteiger charge is -2.32. The van der Waals surface area contributed by atoms with Crippen molar-refractivity contribution in [1.29, 1.82) is 0 Å². The summed E-state index contributed by atoms with van der Waals surface area (Å²) in [4.78, 5) is 27.4. The number of amides is 1. The third kappa shape index (κ3) is 6.73. The van der Waals surface area contributed by atoms with Crippen LogP contribution in [0.5, 0.6) is 17.2 Å². The average Bonchev–Trinajstić information content (AvgIpc) is 3.43. The van der Waals surface area contributed by atoms with Gasteiger partial charge in [-0.2, -0.15) is 13.2 Å². The van der Waals surface area contributed by atoms with Crippen molar-refractivity contribution in [3.8, 4) is 22.9 Å². The van der Waals surface area contributed by atoms with Gasteiger partial charge in [0.25, 0.3) is 0 Å². The zero-order chi connectivity index (χ0) is 33.2. The van der Waals surface area contributed by atoms with Crippen LogP contribution in [0.2, 0.25) is 5.02 Å². The SMILES string of the molecule is CCOC(=O)CC1CCN(C(=O)C[C@H]2S[C@H](c3cccc(OC)c3OC)c3cc(Cl)cc(OC)c3-n3c2nnc3C(F)(F)F)CC1. The summed E-state index contributed by atoms with van der Waals surface area (Å²) in [5.41, 5.74) is 1.06. The largest absolute Gasteiger partial charge is 0.494 e. The molecule has 3 heterocycles. The van der Waals surface area contributed by atoms with Crippen LogP contribution in [0.15, 0.2) is 30.3 Å². The highest BCUT2D eigenvalue weighted by molar-refractivity contribution is 8.00. The van der Waals surface area contributed by atoms with Gasteiger partial charge in [-0.05, 0) is 43.4 Å². The first-order valence-corrected chi connectivity index (χ1v) is 16.0. The number of esters is 1. The van der Waals surface area contributed by atoms with Gasteiger partial charge in [-0.1, -0.05) is 23.7 Å². The molecule has 3 aromatic rings. The molecule has 0 spiro atoms. The Balaban J connectivity index is 1.59. The molecule has 2 aliphatic heterocycles. The van der Waals surface area contributed by atoms with Crippen molar-refractivity contribution in [2.24, 2.45) is 5.92 Å². The fraction of sp³-hybridized carbons (Fsp3) is 0.484. The molecule has 5 rings (SSSR count). The van der Waals surface area contributed by atoms with Crippen LogP contribution in [0.3, 0.4) is 0 Å². The fourth-order valence-electron chi connectivity index (χ4n) is 6.02. The predicted molar refractivity (Wildman–Crippen MR) is 165 cm³/mol. The molecule has 0 bridgehead atoms. The van der Waals surface area contributed by atoms with Crippen molar-refractivity contribution in [2.45, 2.75) is 49.3 Å². The van der Waals surface area contributed by atoms with E-state index in [1.807, 2.05) is 0 Å². The molecule has 2 atom stereocenters. The van der Waals surface area contributed by atoms with Crippen molar-refractivity contribution >= 4 is 35.2 Å². The number of aromatic nitrogens is 3. The van der Waals surface area contributed by atoms with Crippen LogP contribution in [0.4, 0.5) is 13.2 Å². The molecule has 1 aromatic heterocycles. The van der Waals surface area contributed by atoms with E-state index in [1.165, 1.54) is 39.2 Å². The summed E-state index contributed by atoms with van der Waals surface area (Å²) in [6, 6.07) is 8.28. The molecule has 0 N–H and O–H groups in total. The van der Waals surface area contributed by atoms with E-state index in [0.717, 1.165) is 4.57 Å². The molecular formula is C31H34ClF3N4O6S. The number of hydrogen-bond acceptors (Lipinski definition) is 9. The molecule has 0 aliphatic carbocycles. The molecule has 0 unspecified atom stereocenters. The van der Waals surface area contributed by atoms with Crippen molar-refractivity contribution in [1.82, 2.24) is 19.7 Å². The second-order valence-electron chi connectivity index (χ2n) is 10.9. The minimum absolute atomic E-state index is 0.0471. The molecule has 46 heavy (non-hydrogen) atoms. The number of carbonyl (C=O) groups excluding carboxylic acids is 2. The molecule has 15 heteroatoms. The van der Waals surface area contributed by atoms with E-state index >= 15 is 0 Å². The maximum atomic E-state index is 14.5. The van der Waals surface area contributed by atoms with E-state index < -0.39 is 22.5 Å². The van der Waals surface area contributed by atoms with Gasteiger partial charge >= 0.3 is 12.1 Å². The number of piperidine rings is 1. The topological polar surface area (TPSA) is 105 Å². The van der Waals surface area contributed by atoms with E-state index in [-0.39, 0.29) is 52.9 Å². The minimum atomic E-state index is -4.87. The molecule has 10 nitrogen and oxygen atoms in total. The fourth-order valence-corrected chi connectivity index (χ4v) is 7.74. The van der Waals surface area contributed by atoms with Crippen molar-refractivity contribution in [3.05, 3.63) is 58.1 Å². The van der Waals surface area contributed by atoms with Crippen LogP contribution in [0.25, 0.3) is 5.69 Å². The van der Waals surface area contributed by atoms with Crippen LogP contribution >= 0.6 is 23.4 Å². The van der Waals surface area contributed by atoms with Crippen molar-refractivity contribution in [2.75, 3.05) is 41.0 Å². The maximum absolute atomic E-state index is 14.5. The van der Waals surface area contributed by atoms with Crippen LogP contribution in [0, 0.1) is 5.92 Å². The third-order valence-corrected chi connectivity index (χ3v) is 9.83. The highest BCUT2D eigenvalue weighted by atomic mass is 35.5. The molecule has 0 saturated carbocycles. The van der Waals surface area contributed by atoms with Crippen LogP contribution in [-0.2, 0) is 20.5 Å². The standard InChI is InChI=1S/C31H34ClF3N4O6S/c1-5-45-25(41)13-17-9-11-38(12-10-17)24(40)16-23-29-36-37-30(31(33,34)35)39(29)26-20(14-18(32)15-22(26)43-3)28(46-23)19-7-6-8-21(42-2)27(19)44-4/h6-8,14-15,17,23,28H,5,9-13,16H2,1-4H3/t23-,28-/m1/s1. The summed E-state index contributed by atoms with van der Waals surface area (Å²) >= 11 is 7.76. The number of alkyl halides is 3. The summed E-state index contributed by atoms with van der Waals surface area (Å²) in [5.74, 6) is -0.835. The summed E-state index contributed by atoms with van der Waals surface area (Å²) in [6.07, 6.45) is -3.52. The van der Waals surface area contributed by atoms with Gasteiger partial charge in [-0.3, -0.25) is 14.2 Å². The summed E-state index contributed by atoms with van der Waals surface area (Å²) in [6.45, 7) is 2.89. The zero-order valence-electron chi connectivity index (χ0n) is 25.7. The first-order valence-electron chi connectivity index (χ1n) is 14.7. The number of nitrogens with zero attached hydrogens (tertiary/aromatic N) is 4. The van der Waals surface area contributed by atoms with Gasteiger partial charge in [0.15, 0.2) is 17.3 Å². The summed E-state index contributed by atoms with van der Waals surface area (Å²) < 4.78 is 66.4. The number of thioether (sulfide) groups is 1. The Hall–Kier alpha value is -3.65. The van der Waals surface area contributed by atoms with Crippen molar-refractivity contribution in [3.63, 3.8) is 0 Å². The Labute approximate surface area is 273 Å². The van der Waals surface area contributed by atoms with E-state index in [9.17, 15) is 22.8 Å². The van der Waals surface area contributed by atoms with Gasteiger partial charge in [-0.25, -0.2) is 0 Å². The van der Waals surface area contributed by atoms with E-state index in [4.69, 9.17) is 30.5 Å². The first-order chi connectivity index (χ1) is 22.0. The molecule has 1 fully saturated rings. The lowest BCUT2D eigenvalue weighted by molar-refractivity contribution is -0.146. The minimum Gasteiger partial charge on any atom is -0.494 e. The van der Waals surface area contributed by atoms with E-state index in [1.54, 1.807) is 36.1 Å². The van der Waals surface area contributed by atoms with E-state index in [2.05, 4.69) is 10.2 Å². The lowest BCUT2D eigenvalue weighted by Crippen LogP contribution is -2.39. The molecule has 2 aromatic carbocycles. The molecular weight excluding hydrogens is 649 g/mol. The Morgan fingerprint density at radius 3 is 2.35 bits per heavy atom. The average molecular weight is 683 g/mol. The number of fused-ring (bicyclic) bond motifs is 3. The Kier molecular flexibility index (Phi) is 10.3. The summed E-state index contributed by atoms with van der Waals surface area (Å²) in [5, 5.41) is 6.27. The molecule has 0 radical (unpaired) electrons. The quantitative estimate of drug-likeness (QED) is 0.236. The van der Waals surface area contributed by atoms with Crippen molar-refractivity contribution < 1.29 is 41.7 Å². The molecule has 1 saturated heterocycles. The number of methoxy groups -OCH3 is 3. The second-order valence-corrected chi connectivity index (χ2v) is 12.6. The number of benzene rings is 2. The number of para-hydroxylation sites is 1. The lowest BCUT2D eigenvalue weighted by atomic mass is 9.93. The highest BCUT2D eigenvalue weighted by Crippen LogP contribution is 2.56. The number of likely N-dealkylation sites (tertiary alicyclic amines) is 1. The zero-order valence-corrected chi connectivity index (χ0v) is 27.3. The van der Waals surface area contributed by atoms with Crippen LogP contribution < -0.4 is 14.2 Å². The van der Waals surface area contributed by atoms with Gasteiger partial charge in [-0.15, -0.1) is 22.0 Å². The van der Waals surface area contributed by atoms with Crippen LogP contribution in [-0.4, -0.2) is 72.6 Å². The second kappa shape index (κ2) is 14.0. The van der Waals surface area contributed by atoms with Crippen LogP contribution in [0.1, 0.15) is 65.9 Å². The normalized spacial score (nSPS) is 18.3. The van der Waals surface area contributed by atoms with Gasteiger partial charge in [0.2, 0.25) is 11.7 Å². The first kappa shape index (κ1) is 33.7. The Morgan fingerprint density at radius 1 is 1.00 bits per heavy atom. The van der Waals surface area contributed by atoms with Gasteiger partial charge in [0.05, 0.1) is 44.1 Å². The Bertz CT molecular complexity index is 1590. The predicted octanol–water partition coefficient (Wildman–Crippen LogP) is 6.42. The van der Waals surface area contributed by atoms with Gasteiger partial charge < -0.3 is 23.8 Å². The number of ether oxygens (including phenoxy) is 4. The van der Waals surface area contributed by atoms with E-state index in [0.29, 0.717) is 55.2 Å². The number of rotatable bonds is 9. The molecule has 248 valence electrons. The third-order valence-electron chi connectivity index (χ3n) is 8.13. The number of hydrogen-bond donors (Lipinski definition) is 0.